The molecule has 2 fully saturated rings. The number of ether oxygens (including phenoxy) is 2. The van der Waals surface area contributed by atoms with Gasteiger partial charge in [0.15, 0.2) is 0 Å². The van der Waals surface area contributed by atoms with Crippen molar-refractivity contribution in [1.82, 2.24) is 19.6 Å². The Morgan fingerprint density at radius 1 is 0.759 bits per heavy atom. The van der Waals surface area contributed by atoms with Gasteiger partial charge < -0.3 is 43.7 Å². The number of fused-ring (bicyclic) bond motifs is 2. The number of phenols is 1. The maximum Gasteiger partial charge on any atom is 0.204 e. The summed E-state index contributed by atoms with van der Waals surface area (Å²) in [5.41, 5.74) is 4.32. The number of rotatable bonds is 19. The molecule has 1 aromatic heterocycles. The van der Waals surface area contributed by atoms with Gasteiger partial charge in [0.1, 0.15) is 33.8 Å². The van der Waals surface area contributed by atoms with Gasteiger partial charge in [-0.1, -0.05) is 23.3 Å². The third kappa shape index (κ3) is 10.5. The minimum absolute atomic E-state index is 0.114. The molecule has 10 heteroatoms. The number of aliphatic hydroxyl groups is 1. The van der Waals surface area contributed by atoms with Crippen LogP contribution in [0.15, 0.2) is 44.6 Å². The molecule has 5 rings (SSSR count). The van der Waals surface area contributed by atoms with Crippen molar-refractivity contribution in [3.05, 3.63) is 62.3 Å². The van der Waals surface area contributed by atoms with E-state index in [1.54, 1.807) is 12.1 Å². The van der Waals surface area contributed by atoms with Crippen LogP contribution >= 0.6 is 0 Å². The van der Waals surface area contributed by atoms with Crippen LogP contribution in [0, 0.1) is 0 Å². The molecule has 0 saturated carbocycles. The predicted octanol–water partition coefficient (Wildman–Crippen LogP) is 6.75. The Hall–Kier alpha value is -3.41. The molecule has 0 amide bonds. The molecule has 54 heavy (non-hydrogen) atoms. The lowest BCUT2D eigenvalue weighted by atomic mass is 9.95. The fourth-order valence-corrected chi connectivity index (χ4v) is 7.84. The van der Waals surface area contributed by atoms with Gasteiger partial charge in [0, 0.05) is 48.4 Å². The van der Waals surface area contributed by atoms with Crippen molar-refractivity contribution in [2.24, 2.45) is 0 Å². The summed E-state index contributed by atoms with van der Waals surface area (Å²) >= 11 is 0. The van der Waals surface area contributed by atoms with Crippen LogP contribution < -0.4 is 14.9 Å². The van der Waals surface area contributed by atoms with Gasteiger partial charge in [0.05, 0.1) is 25.2 Å². The molecule has 2 saturated heterocycles. The highest BCUT2D eigenvalue weighted by molar-refractivity contribution is 5.97. The van der Waals surface area contributed by atoms with Gasteiger partial charge in [0.25, 0.3) is 0 Å². The molecule has 2 aliphatic rings. The number of hydrogen-bond donors (Lipinski definition) is 2. The van der Waals surface area contributed by atoms with Gasteiger partial charge in [-0.15, -0.1) is 0 Å². The van der Waals surface area contributed by atoms with Crippen LogP contribution in [-0.2, 0) is 19.4 Å². The second-order valence-corrected chi connectivity index (χ2v) is 16.4. The number of likely N-dealkylation sites (tertiary alicyclic amines) is 2. The first-order valence-electron chi connectivity index (χ1n) is 20.1. The second-order valence-electron chi connectivity index (χ2n) is 16.4. The van der Waals surface area contributed by atoms with Gasteiger partial charge in [-0.2, -0.15) is 0 Å². The molecule has 2 atom stereocenters. The van der Waals surface area contributed by atoms with E-state index in [9.17, 15) is 15.0 Å². The van der Waals surface area contributed by atoms with E-state index < -0.39 is 0 Å². The van der Waals surface area contributed by atoms with E-state index in [2.05, 4.69) is 47.8 Å². The van der Waals surface area contributed by atoms with E-state index in [-0.39, 0.29) is 28.8 Å². The molecular weight excluding hydrogens is 681 g/mol. The maximum absolute atomic E-state index is 14.5. The van der Waals surface area contributed by atoms with Gasteiger partial charge in [-0.05, 0) is 139 Å². The molecule has 0 bridgehead atoms. The maximum atomic E-state index is 14.5. The average Bonchev–Trinajstić information content (AvgIpc) is 3.80. The minimum Gasteiger partial charge on any atom is -0.507 e. The lowest BCUT2D eigenvalue weighted by Gasteiger charge is -2.20. The van der Waals surface area contributed by atoms with Crippen molar-refractivity contribution in [2.45, 2.75) is 97.8 Å². The zero-order chi connectivity index (χ0) is 38.9. The Labute approximate surface area is 323 Å². The Morgan fingerprint density at radius 3 is 1.70 bits per heavy atom. The number of aromatic hydroxyl groups is 1. The average molecular weight is 747 g/mol. The van der Waals surface area contributed by atoms with E-state index >= 15 is 0 Å². The summed E-state index contributed by atoms with van der Waals surface area (Å²) in [6.45, 7) is 15.3. The van der Waals surface area contributed by atoms with Crippen molar-refractivity contribution < 1.29 is 24.1 Å². The van der Waals surface area contributed by atoms with Crippen LogP contribution in [0.1, 0.15) is 82.9 Å². The fourth-order valence-electron chi connectivity index (χ4n) is 7.84. The molecule has 2 N–H and O–H groups in total. The molecule has 0 unspecified atom stereocenters. The van der Waals surface area contributed by atoms with Gasteiger partial charge in [-0.25, -0.2) is 0 Å². The topological polar surface area (TPSA) is 102 Å². The molecule has 2 aliphatic heterocycles. The van der Waals surface area contributed by atoms with E-state index in [4.69, 9.17) is 13.9 Å². The van der Waals surface area contributed by atoms with Crippen molar-refractivity contribution in [3.8, 4) is 17.2 Å². The number of hydrogen-bond acceptors (Lipinski definition) is 10. The summed E-state index contributed by atoms with van der Waals surface area (Å²) in [4.78, 5) is 24.2. The van der Waals surface area contributed by atoms with Crippen molar-refractivity contribution >= 4 is 21.9 Å². The van der Waals surface area contributed by atoms with E-state index in [1.165, 1.54) is 12.8 Å². The van der Waals surface area contributed by atoms with Crippen LogP contribution in [-0.4, -0.2) is 123 Å². The number of aliphatic hydroxyl groups excluding tert-OH is 1. The first-order valence-corrected chi connectivity index (χ1v) is 20.1. The van der Waals surface area contributed by atoms with E-state index in [0.29, 0.717) is 77.3 Å². The van der Waals surface area contributed by atoms with Crippen LogP contribution in [0.4, 0.5) is 0 Å². The summed E-state index contributed by atoms with van der Waals surface area (Å²) in [5.74, 6) is 0.933. The molecule has 0 aliphatic carbocycles. The predicted molar refractivity (Wildman–Crippen MR) is 220 cm³/mol. The van der Waals surface area contributed by atoms with Crippen LogP contribution in [0.3, 0.4) is 0 Å². The Balaban J connectivity index is 1.41. The number of phenolic OH excluding ortho intramolecular Hbond substituents is 1. The Bertz CT molecular complexity index is 1840. The summed E-state index contributed by atoms with van der Waals surface area (Å²) < 4.78 is 19.2. The SMILES string of the molecule is CC(C)=CCc1c(OCCCCN2CC[C@@H](N(C)C)C2)cc2oc3cc(OCCCCN4CC[C@@H](N(C)C)C4)c(CO)c(CC=C(C)C)c3c(=O)c2c1O. The zero-order valence-electron chi connectivity index (χ0n) is 34.3. The molecule has 3 heterocycles. The molecular formula is C44H66N4O6. The number of nitrogens with zero attached hydrogens (tertiary/aromatic N) is 4. The standard InChI is InChI=1S/C44H66N4O6/c1-30(2)13-15-34-36(29-49)38(53-24-12-10-20-48-22-18-33(28-48)46(7)8)26-39-41(34)44(51)42-40(54-39)25-37(35(43(42)50)16-14-31(3)4)52-23-11-9-19-47-21-17-32(27-47)45(5)6/h13-14,25-26,32-33,49-50H,9-12,15-24,27-29H2,1-8H3/t32-,33-/m1/s1. The van der Waals surface area contributed by atoms with Crippen molar-refractivity contribution in [1.29, 1.82) is 0 Å². The van der Waals surface area contributed by atoms with Crippen LogP contribution in [0.25, 0.3) is 21.9 Å². The minimum atomic E-state index is -0.324. The monoisotopic (exact) mass is 746 g/mol. The van der Waals surface area contributed by atoms with Crippen molar-refractivity contribution in [2.75, 3.05) is 80.7 Å². The largest absolute Gasteiger partial charge is 0.507 e. The quantitative estimate of drug-likeness (QED) is 0.0779. The Morgan fingerprint density at radius 2 is 1.24 bits per heavy atom. The lowest BCUT2D eigenvalue weighted by molar-refractivity contribution is 0.246. The molecule has 0 spiro atoms. The molecule has 298 valence electrons. The number of allylic oxidation sites excluding steroid dienone is 4. The summed E-state index contributed by atoms with van der Waals surface area (Å²) in [7, 11) is 8.61. The zero-order valence-corrected chi connectivity index (χ0v) is 34.3. The molecule has 10 nitrogen and oxygen atoms in total. The molecule has 0 radical (unpaired) electrons. The summed E-state index contributed by atoms with van der Waals surface area (Å²) in [6.07, 6.45) is 11.1. The normalized spacial score (nSPS) is 18.1. The third-order valence-electron chi connectivity index (χ3n) is 11.3. The van der Waals surface area contributed by atoms with E-state index in [1.807, 2.05) is 39.8 Å². The van der Waals surface area contributed by atoms with Crippen LogP contribution in [0.5, 0.6) is 17.2 Å². The number of likely N-dealkylation sites (N-methyl/N-ethyl adjacent to an activating group) is 2. The first-order chi connectivity index (χ1) is 25.9. The summed E-state index contributed by atoms with van der Waals surface area (Å²) in [5, 5.41) is 23.0. The fraction of sp³-hybridized carbons (Fsp3) is 0.614. The number of benzene rings is 2. The lowest BCUT2D eigenvalue weighted by Crippen LogP contribution is -2.31. The highest BCUT2D eigenvalue weighted by atomic mass is 16.5. The first kappa shape index (κ1) is 41.7. The van der Waals surface area contributed by atoms with Gasteiger partial charge >= 0.3 is 0 Å². The smallest absolute Gasteiger partial charge is 0.204 e. The van der Waals surface area contributed by atoms with Gasteiger partial charge in [0.2, 0.25) is 5.43 Å². The van der Waals surface area contributed by atoms with Crippen molar-refractivity contribution in [3.63, 3.8) is 0 Å². The highest BCUT2D eigenvalue weighted by Gasteiger charge is 2.26. The van der Waals surface area contributed by atoms with Gasteiger partial charge in [-0.3, -0.25) is 4.79 Å². The molecule has 3 aromatic rings. The van der Waals surface area contributed by atoms with E-state index in [0.717, 1.165) is 76.1 Å². The third-order valence-corrected chi connectivity index (χ3v) is 11.3. The van der Waals surface area contributed by atoms with Crippen LogP contribution in [0.2, 0.25) is 0 Å². The summed E-state index contributed by atoms with van der Waals surface area (Å²) in [6, 6.07) is 4.74. The number of unbranched alkanes of at least 4 members (excludes halogenated alkanes) is 2. The Kier molecular flexibility index (Phi) is 15.0. The second kappa shape index (κ2) is 19.4. The molecule has 2 aromatic carbocycles. The highest BCUT2D eigenvalue weighted by Crippen LogP contribution is 2.39.